The Balaban J connectivity index is 1.80. The highest BCUT2D eigenvalue weighted by molar-refractivity contribution is 7.80. The van der Waals surface area contributed by atoms with Gasteiger partial charge in [-0.1, -0.05) is 18.2 Å². The predicted molar refractivity (Wildman–Crippen MR) is 84.8 cm³/mol. The zero-order valence-corrected chi connectivity index (χ0v) is 12.6. The van der Waals surface area contributed by atoms with E-state index in [2.05, 4.69) is 15.5 Å². The molecule has 20 heavy (non-hydrogen) atoms. The molecule has 1 aliphatic rings. The van der Waals surface area contributed by atoms with Crippen molar-refractivity contribution < 1.29 is 4.79 Å². The number of nitrogens with zero attached hydrogens (tertiary/aromatic N) is 1. The van der Waals surface area contributed by atoms with Crippen LogP contribution in [0.1, 0.15) is 30.1 Å². The first-order chi connectivity index (χ1) is 9.70. The number of carbonyl (C=O) groups is 1. The van der Waals surface area contributed by atoms with Gasteiger partial charge in [-0.2, -0.15) is 0 Å². The van der Waals surface area contributed by atoms with Gasteiger partial charge in [-0.3, -0.25) is 4.79 Å². The maximum Gasteiger partial charge on any atom is 0.251 e. The molecule has 1 saturated heterocycles. The van der Waals surface area contributed by atoms with E-state index in [0.29, 0.717) is 0 Å². The summed E-state index contributed by atoms with van der Waals surface area (Å²) in [4.78, 5) is 14.2. The number of likely N-dealkylation sites (tertiary alicyclic amines) is 1. The summed E-state index contributed by atoms with van der Waals surface area (Å²) in [6, 6.07) is 9.59. The van der Waals surface area contributed by atoms with Gasteiger partial charge in [0.25, 0.3) is 5.91 Å². The Kier molecular flexibility index (Phi) is 5.35. The van der Waals surface area contributed by atoms with Crippen LogP contribution in [0.15, 0.2) is 30.3 Å². The van der Waals surface area contributed by atoms with Crippen LogP contribution < -0.4 is 10.6 Å². The first-order valence-corrected chi connectivity index (χ1v) is 7.50. The number of hydrogen-bond acceptors (Lipinski definition) is 2. The van der Waals surface area contributed by atoms with Crippen LogP contribution in [0.3, 0.4) is 0 Å². The third-order valence-electron chi connectivity index (χ3n) is 3.48. The van der Waals surface area contributed by atoms with Gasteiger partial charge in [0, 0.05) is 31.2 Å². The van der Waals surface area contributed by atoms with Gasteiger partial charge in [-0.25, -0.2) is 0 Å². The Bertz CT molecular complexity index is 455. The molecule has 0 bridgehead atoms. The quantitative estimate of drug-likeness (QED) is 0.833. The highest BCUT2D eigenvalue weighted by Gasteiger charge is 2.22. The lowest BCUT2D eigenvalue weighted by Crippen LogP contribution is -2.49. The minimum absolute atomic E-state index is 0.0123. The van der Waals surface area contributed by atoms with Gasteiger partial charge in [-0.15, -0.1) is 0 Å². The van der Waals surface area contributed by atoms with Crippen LogP contribution in [0.2, 0.25) is 0 Å². The van der Waals surface area contributed by atoms with Crippen molar-refractivity contribution >= 4 is 23.2 Å². The van der Waals surface area contributed by atoms with Gasteiger partial charge in [0.2, 0.25) is 0 Å². The summed E-state index contributed by atoms with van der Waals surface area (Å²) in [5, 5.41) is 7.08. The maximum absolute atomic E-state index is 12.1. The highest BCUT2D eigenvalue weighted by atomic mass is 32.1. The summed E-state index contributed by atoms with van der Waals surface area (Å²) in [7, 11) is 0. The number of thiocarbonyl (C=S) groups is 1. The monoisotopic (exact) mass is 291 g/mol. The second-order valence-corrected chi connectivity index (χ2v) is 5.32. The zero-order valence-electron chi connectivity index (χ0n) is 11.8. The SMILES string of the molecule is CCNC(=S)N1CCC(NC(=O)c2ccccc2)CC1. The van der Waals surface area contributed by atoms with Crippen LogP contribution >= 0.6 is 12.2 Å². The normalized spacial score (nSPS) is 15.8. The second kappa shape index (κ2) is 7.24. The van der Waals surface area contributed by atoms with Crippen LogP contribution in [0.5, 0.6) is 0 Å². The second-order valence-electron chi connectivity index (χ2n) is 4.94. The van der Waals surface area contributed by atoms with E-state index in [-0.39, 0.29) is 11.9 Å². The Labute approximate surface area is 125 Å². The largest absolute Gasteiger partial charge is 0.363 e. The van der Waals surface area contributed by atoms with Gasteiger partial charge < -0.3 is 15.5 Å². The molecule has 0 spiro atoms. The van der Waals surface area contributed by atoms with Crippen LogP contribution in [-0.4, -0.2) is 41.6 Å². The van der Waals surface area contributed by atoms with Gasteiger partial charge >= 0.3 is 0 Å². The molecule has 0 atom stereocenters. The number of nitrogens with one attached hydrogen (secondary N) is 2. The van der Waals surface area contributed by atoms with E-state index < -0.39 is 0 Å². The van der Waals surface area contributed by atoms with Gasteiger partial charge in [0.05, 0.1) is 0 Å². The van der Waals surface area contributed by atoms with E-state index >= 15 is 0 Å². The predicted octanol–water partition coefficient (Wildman–Crippen LogP) is 1.78. The number of rotatable bonds is 3. The van der Waals surface area contributed by atoms with E-state index in [1.807, 2.05) is 37.3 Å². The van der Waals surface area contributed by atoms with E-state index in [4.69, 9.17) is 12.2 Å². The number of carbonyl (C=O) groups excluding carboxylic acids is 1. The molecule has 108 valence electrons. The summed E-state index contributed by atoms with van der Waals surface area (Å²) in [5.41, 5.74) is 0.720. The van der Waals surface area contributed by atoms with Crippen molar-refractivity contribution in [2.75, 3.05) is 19.6 Å². The molecule has 5 heteroatoms. The fourth-order valence-corrected chi connectivity index (χ4v) is 2.68. The average Bonchev–Trinajstić information content (AvgIpc) is 2.49. The molecular weight excluding hydrogens is 270 g/mol. The fraction of sp³-hybridized carbons (Fsp3) is 0.467. The molecule has 4 nitrogen and oxygen atoms in total. The number of benzene rings is 1. The molecule has 0 saturated carbocycles. The molecule has 2 rings (SSSR count). The van der Waals surface area contributed by atoms with Crippen LogP contribution in [0.4, 0.5) is 0 Å². The molecule has 2 N–H and O–H groups in total. The van der Waals surface area contributed by atoms with Crippen molar-refractivity contribution in [1.29, 1.82) is 0 Å². The molecule has 1 aromatic carbocycles. The fourth-order valence-electron chi connectivity index (χ4n) is 2.35. The summed E-state index contributed by atoms with van der Waals surface area (Å²) in [6.45, 7) is 4.68. The highest BCUT2D eigenvalue weighted by Crippen LogP contribution is 2.11. The molecule has 1 aliphatic heterocycles. The van der Waals surface area contributed by atoms with Crippen molar-refractivity contribution in [2.24, 2.45) is 0 Å². The van der Waals surface area contributed by atoms with Gasteiger partial charge in [-0.05, 0) is 44.1 Å². The zero-order chi connectivity index (χ0) is 14.4. The molecular formula is C15H21N3OS. The van der Waals surface area contributed by atoms with Crippen molar-refractivity contribution in [3.8, 4) is 0 Å². The van der Waals surface area contributed by atoms with Crippen LogP contribution in [0.25, 0.3) is 0 Å². The lowest BCUT2D eigenvalue weighted by molar-refractivity contribution is 0.0922. The first kappa shape index (κ1) is 14.8. The average molecular weight is 291 g/mol. The van der Waals surface area contributed by atoms with Crippen molar-refractivity contribution in [3.05, 3.63) is 35.9 Å². The minimum atomic E-state index is 0.0123. The summed E-state index contributed by atoms with van der Waals surface area (Å²) < 4.78 is 0. The maximum atomic E-state index is 12.1. The molecule has 1 aromatic rings. The van der Waals surface area contributed by atoms with Crippen molar-refractivity contribution in [3.63, 3.8) is 0 Å². The van der Waals surface area contributed by atoms with E-state index in [9.17, 15) is 4.79 Å². The standard InChI is InChI=1S/C15H21N3OS/c1-2-16-15(20)18-10-8-13(9-11-18)17-14(19)12-6-4-3-5-7-12/h3-7,13H,2,8-11H2,1H3,(H,16,20)(H,17,19). The molecule has 0 aliphatic carbocycles. The van der Waals surface area contributed by atoms with E-state index in [0.717, 1.165) is 43.2 Å². The van der Waals surface area contributed by atoms with Gasteiger partial charge in [0.15, 0.2) is 5.11 Å². The molecule has 0 aromatic heterocycles. The Morgan fingerprint density at radius 2 is 1.95 bits per heavy atom. The van der Waals surface area contributed by atoms with E-state index in [1.165, 1.54) is 0 Å². The summed E-state index contributed by atoms with van der Waals surface area (Å²) >= 11 is 5.30. The van der Waals surface area contributed by atoms with Crippen molar-refractivity contribution in [2.45, 2.75) is 25.8 Å². The van der Waals surface area contributed by atoms with E-state index in [1.54, 1.807) is 0 Å². The molecule has 1 fully saturated rings. The summed E-state index contributed by atoms with van der Waals surface area (Å²) in [5.74, 6) is 0.0123. The first-order valence-electron chi connectivity index (χ1n) is 7.09. The number of hydrogen-bond donors (Lipinski definition) is 2. The van der Waals surface area contributed by atoms with Crippen LogP contribution in [-0.2, 0) is 0 Å². The Morgan fingerprint density at radius 3 is 2.55 bits per heavy atom. The smallest absolute Gasteiger partial charge is 0.251 e. The number of piperidine rings is 1. The minimum Gasteiger partial charge on any atom is -0.363 e. The third-order valence-corrected chi connectivity index (χ3v) is 3.88. The number of amides is 1. The molecule has 1 amide bonds. The topological polar surface area (TPSA) is 44.4 Å². The summed E-state index contributed by atoms with van der Waals surface area (Å²) in [6.07, 6.45) is 1.87. The Hall–Kier alpha value is -1.62. The third kappa shape index (κ3) is 3.93. The van der Waals surface area contributed by atoms with Crippen molar-refractivity contribution in [1.82, 2.24) is 15.5 Å². The van der Waals surface area contributed by atoms with Crippen LogP contribution in [0, 0.1) is 0 Å². The van der Waals surface area contributed by atoms with Gasteiger partial charge in [0.1, 0.15) is 0 Å². The molecule has 0 unspecified atom stereocenters. The Morgan fingerprint density at radius 1 is 1.30 bits per heavy atom. The lowest BCUT2D eigenvalue weighted by atomic mass is 10.0. The molecule has 0 radical (unpaired) electrons. The lowest BCUT2D eigenvalue weighted by Gasteiger charge is -2.34. The molecule has 1 heterocycles.